The zero-order valence-corrected chi connectivity index (χ0v) is 22.5. The number of hydrogen-bond donors (Lipinski definition) is 2. The second-order valence-corrected chi connectivity index (χ2v) is 12.6. The lowest BCUT2D eigenvalue weighted by Gasteiger charge is -2.17. The molecule has 3 aromatic carbocycles. The van der Waals surface area contributed by atoms with E-state index in [-0.39, 0.29) is 17.6 Å². The van der Waals surface area contributed by atoms with E-state index in [0.29, 0.717) is 32.8 Å². The smallest absolute Gasteiger partial charge is 0.307 e. The van der Waals surface area contributed by atoms with Crippen LogP contribution >= 0.6 is 0 Å². The molecule has 0 unspecified atom stereocenters. The number of anilines is 1. The summed E-state index contributed by atoms with van der Waals surface area (Å²) in [7, 11) is -3.00. The van der Waals surface area contributed by atoms with Crippen LogP contribution in [-0.2, 0) is 39.1 Å². The minimum atomic E-state index is -3.00. The molecule has 1 aliphatic heterocycles. The number of aryl methyl sites for hydroxylation is 1. The molecule has 3 aromatic rings. The van der Waals surface area contributed by atoms with Gasteiger partial charge in [-0.2, -0.15) is 0 Å². The fourth-order valence-electron chi connectivity index (χ4n) is 5.27. The predicted octanol–water partition coefficient (Wildman–Crippen LogP) is 5.31. The summed E-state index contributed by atoms with van der Waals surface area (Å²) in [4.78, 5) is 11.2. The molecule has 0 radical (unpaired) electrons. The lowest BCUT2D eigenvalue weighted by molar-refractivity contribution is -0.138. The van der Waals surface area contributed by atoms with E-state index in [9.17, 15) is 18.3 Å². The van der Waals surface area contributed by atoms with Crippen LogP contribution in [0.1, 0.15) is 46.6 Å². The first-order chi connectivity index (χ1) is 18.2. The first kappa shape index (κ1) is 26.3. The number of ether oxygens (including phenoxy) is 2. The normalized spacial score (nSPS) is 18.2. The number of carboxylic acids is 1. The van der Waals surface area contributed by atoms with E-state index in [4.69, 9.17) is 9.47 Å². The molecule has 38 heavy (non-hydrogen) atoms. The van der Waals surface area contributed by atoms with E-state index in [0.717, 1.165) is 56.8 Å². The van der Waals surface area contributed by atoms with E-state index in [1.807, 2.05) is 36.4 Å². The van der Waals surface area contributed by atoms with Crippen molar-refractivity contribution in [1.82, 2.24) is 0 Å². The molecule has 0 spiro atoms. The van der Waals surface area contributed by atoms with Crippen molar-refractivity contribution in [3.8, 4) is 16.9 Å². The number of benzene rings is 3. The average Bonchev–Trinajstić information content (AvgIpc) is 3.69. The van der Waals surface area contributed by atoms with E-state index in [1.54, 1.807) is 0 Å². The first-order valence-corrected chi connectivity index (χ1v) is 15.0. The van der Waals surface area contributed by atoms with Gasteiger partial charge in [-0.05, 0) is 88.9 Å². The minimum absolute atomic E-state index is 0.111. The average molecular weight is 536 g/mol. The van der Waals surface area contributed by atoms with Crippen molar-refractivity contribution in [3.63, 3.8) is 0 Å². The third-order valence-electron chi connectivity index (χ3n) is 7.29. The van der Waals surface area contributed by atoms with Crippen LogP contribution in [0.3, 0.4) is 0 Å². The summed E-state index contributed by atoms with van der Waals surface area (Å²) < 4.78 is 34.7. The number of fused-ring (bicyclic) bond motifs is 3. The van der Waals surface area contributed by atoms with Gasteiger partial charge in [0.15, 0.2) is 0 Å². The maximum atomic E-state index is 11.4. The van der Waals surface area contributed by atoms with Crippen molar-refractivity contribution in [1.29, 1.82) is 0 Å². The Kier molecular flexibility index (Phi) is 7.45. The van der Waals surface area contributed by atoms with Gasteiger partial charge < -0.3 is 19.9 Å². The number of carboxylic acid groups (broad SMARTS) is 1. The summed E-state index contributed by atoms with van der Waals surface area (Å²) in [5, 5.41) is 12.7. The van der Waals surface area contributed by atoms with Gasteiger partial charge in [-0.15, -0.1) is 0 Å². The Morgan fingerprint density at radius 2 is 1.92 bits per heavy atom. The number of carbonyl (C=O) groups is 1. The number of rotatable bonds is 10. The summed E-state index contributed by atoms with van der Waals surface area (Å²) in [6.45, 7) is 4.03. The zero-order chi connectivity index (χ0) is 26.9. The molecule has 8 heteroatoms. The van der Waals surface area contributed by atoms with Gasteiger partial charge in [0, 0.05) is 18.5 Å². The maximum Gasteiger partial charge on any atom is 0.307 e. The molecule has 1 saturated carbocycles. The Morgan fingerprint density at radius 3 is 2.63 bits per heavy atom. The SMILES string of the molecule is Cc1cc(OCCCS(C)(=O)=O)cc2c1-c1cccc(CNc3ccc([C@H]4C[C@@H]4C(=O)O)cc3)c1COC2. The highest BCUT2D eigenvalue weighted by Crippen LogP contribution is 2.47. The standard InChI is InChI=1S/C30H33NO6S/c1-19-13-24(37-11-4-12-38(2,34)35)14-22-17-36-18-28-21(5-3-6-25(28)29(19)22)16-31-23-9-7-20(8-10-23)26-15-27(26)30(32)33/h3,5-10,13-14,26-27,31H,4,11-12,15-18H2,1-2H3,(H,32,33)/t26-,27+/m1/s1. The molecule has 0 saturated heterocycles. The molecule has 0 aromatic heterocycles. The van der Waals surface area contributed by atoms with Crippen molar-refractivity contribution in [3.05, 3.63) is 82.4 Å². The van der Waals surface area contributed by atoms with Gasteiger partial charge >= 0.3 is 5.97 Å². The van der Waals surface area contributed by atoms with Crippen LogP contribution in [0.15, 0.2) is 54.6 Å². The quantitative estimate of drug-likeness (QED) is 0.340. The molecular weight excluding hydrogens is 502 g/mol. The second kappa shape index (κ2) is 10.8. The minimum Gasteiger partial charge on any atom is -0.494 e. The third kappa shape index (κ3) is 6.03. The highest BCUT2D eigenvalue weighted by molar-refractivity contribution is 7.90. The second-order valence-electron chi connectivity index (χ2n) is 10.3. The fraction of sp³-hybridized carbons (Fsp3) is 0.367. The zero-order valence-electron chi connectivity index (χ0n) is 21.7. The van der Waals surface area contributed by atoms with Gasteiger partial charge in [-0.1, -0.05) is 30.3 Å². The highest BCUT2D eigenvalue weighted by atomic mass is 32.2. The van der Waals surface area contributed by atoms with Crippen LogP contribution in [-0.4, -0.2) is 38.1 Å². The van der Waals surface area contributed by atoms with Crippen molar-refractivity contribution >= 4 is 21.5 Å². The Morgan fingerprint density at radius 1 is 1.13 bits per heavy atom. The summed E-state index contributed by atoms with van der Waals surface area (Å²) in [5.74, 6) is 0.00566. The molecule has 2 atom stereocenters. The predicted molar refractivity (Wildman–Crippen MR) is 147 cm³/mol. The van der Waals surface area contributed by atoms with Crippen molar-refractivity contribution in [2.75, 3.05) is 23.9 Å². The number of hydrogen-bond acceptors (Lipinski definition) is 6. The van der Waals surface area contributed by atoms with Gasteiger partial charge in [-0.25, -0.2) is 8.42 Å². The lowest BCUT2D eigenvalue weighted by Crippen LogP contribution is -2.08. The van der Waals surface area contributed by atoms with E-state index < -0.39 is 15.8 Å². The fourth-order valence-corrected chi connectivity index (χ4v) is 5.91. The van der Waals surface area contributed by atoms with E-state index >= 15 is 0 Å². The van der Waals surface area contributed by atoms with E-state index in [1.165, 1.54) is 6.26 Å². The first-order valence-electron chi connectivity index (χ1n) is 12.9. The monoisotopic (exact) mass is 535 g/mol. The molecule has 0 amide bonds. The summed E-state index contributed by atoms with van der Waals surface area (Å²) >= 11 is 0. The number of aliphatic carboxylic acids is 1. The summed E-state index contributed by atoms with van der Waals surface area (Å²) in [6, 6.07) is 18.4. The summed E-state index contributed by atoms with van der Waals surface area (Å²) in [5.41, 5.74) is 8.84. The van der Waals surface area contributed by atoms with Gasteiger partial charge in [0.1, 0.15) is 15.6 Å². The van der Waals surface area contributed by atoms with Crippen LogP contribution in [0, 0.1) is 12.8 Å². The van der Waals surface area contributed by atoms with Crippen LogP contribution in [0.4, 0.5) is 5.69 Å². The van der Waals surface area contributed by atoms with Crippen molar-refractivity contribution in [2.24, 2.45) is 5.92 Å². The molecule has 1 heterocycles. The van der Waals surface area contributed by atoms with Crippen molar-refractivity contribution < 1.29 is 27.8 Å². The Bertz CT molecular complexity index is 1450. The Labute approximate surface area is 223 Å². The lowest BCUT2D eigenvalue weighted by atomic mass is 9.90. The molecule has 1 aliphatic carbocycles. The molecule has 7 nitrogen and oxygen atoms in total. The molecular formula is C30H33NO6S. The number of sulfone groups is 1. The molecule has 0 bridgehead atoms. The maximum absolute atomic E-state index is 11.4. The highest BCUT2D eigenvalue weighted by Gasteiger charge is 2.44. The van der Waals surface area contributed by atoms with Gasteiger partial charge in [0.05, 0.1) is 31.5 Å². The molecule has 1 fully saturated rings. The molecule has 5 rings (SSSR count). The van der Waals surface area contributed by atoms with Crippen LogP contribution in [0.5, 0.6) is 5.75 Å². The van der Waals surface area contributed by atoms with Crippen molar-refractivity contribution in [2.45, 2.75) is 45.4 Å². The largest absolute Gasteiger partial charge is 0.494 e. The van der Waals surface area contributed by atoms with Gasteiger partial charge in [0.2, 0.25) is 0 Å². The van der Waals surface area contributed by atoms with Crippen LogP contribution in [0.25, 0.3) is 11.1 Å². The molecule has 200 valence electrons. The Balaban J connectivity index is 1.30. The van der Waals surface area contributed by atoms with Crippen LogP contribution in [0.2, 0.25) is 0 Å². The topological polar surface area (TPSA) is 102 Å². The molecule has 2 aliphatic rings. The van der Waals surface area contributed by atoms with E-state index in [2.05, 4.69) is 30.4 Å². The summed E-state index contributed by atoms with van der Waals surface area (Å²) in [6.07, 6.45) is 2.41. The third-order valence-corrected chi connectivity index (χ3v) is 8.32. The number of nitrogens with one attached hydrogen (secondary N) is 1. The van der Waals surface area contributed by atoms with Crippen LogP contribution < -0.4 is 10.1 Å². The van der Waals surface area contributed by atoms with Gasteiger partial charge in [0.25, 0.3) is 0 Å². The molecule has 2 N–H and O–H groups in total. The Hall–Kier alpha value is -3.36. The van der Waals surface area contributed by atoms with Gasteiger partial charge in [-0.3, -0.25) is 4.79 Å².